The van der Waals surface area contributed by atoms with E-state index in [2.05, 4.69) is 22.9 Å². The second-order valence-corrected chi connectivity index (χ2v) is 2.28. The molecule has 10 heavy (non-hydrogen) atoms. The minimum Gasteiger partial charge on any atom is -0.367 e. The van der Waals surface area contributed by atoms with Gasteiger partial charge < -0.3 is 10.3 Å². The largest absolute Gasteiger partial charge is 0.367 e. The van der Waals surface area contributed by atoms with Gasteiger partial charge >= 0.3 is 0 Å². The van der Waals surface area contributed by atoms with Crippen molar-refractivity contribution in [1.82, 2.24) is 10.3 Å². The summed E-state index contributed by atoms with van der Waals surface area (Å²) in [6.45, 7) is 0.534. The number of H-pyrrole nitrogens is 1. The number of hydrogen-bond donors (Lipinski definition) is 3. The average Bonchev–Trinajstić information content (AvgIpc) is 2.34. The summed E-state index contributed by atoms with van der Waals surface area (Å²) < 4.78 is 0. The predicted octanol–water partition coefficient (Wildman–Crippen LogP) is 1.15. The van der Waals surface area contributed by atoms with Gasteiger partial charge in [-0.05, 0) is 11.6 Å². The van der Waals surface area contributed by atoms with E-state index in [1.165, 1.54) is 0 Å². The molecular weight excluding hydrogens is 148 g/mol. The molecule has 0 bridgehead atoms. The lowest BCUT2D eigenvalue weighted by molar-refractivity contribution is 0.260. The van der Waals surface area contributed by atoms with E-state index < -0.39 is 0 Å². The molecule has 0 saturated carbocycles. The SMILES string of the molecule is O=C(S)NCc1cc[nH]c1. The van der Waals surface area contributed by atoms with Crippen LogP contribution in [0.4, 0.5) is 4.79 Å². The Morgan fingerprint density at radius 2 is 2.60 bits per heavy atom. The highest BCUT2D eigenvalue weighted by Gasteiger charge is 1.92. The topological polar surface area (TPSA) is 44.9 Å². The van der Waals surface area contributed by atoms with E-state index in [0.29, 0.717) is 6.54 Å². The van der Waals surface area contributed by atoms with E-state index in [1.54, 1.807) is 6.20 Å². The number of hydrogen-bond acceptors (Lipinski definition) is 1. The summed E-state index contributed by atoms with van der Waals surface area (Å²) in [5.74, 6) is 0. The second kappa shape index (κ2) is 3.31. The summed E-state index contributed by atoms with van der Waals surface area (Å²) in [6, 6.07) is 1.89. The van der Waals surface area contributed by atoms with Crippen LogP contribution >= 0.6 is 12.6 Å². The van der Waals surface area contributed by atoms with Crippen molar-refractivity contribution in [2.24, 2.45) is 0 Å². The summed E-state index contributed by atoms with van der Waals surface area (Å²) in [5, 5.41) is 2.25. The number of aromatic amines is 1. The van der Waals surface area contributed by atoms with E-state index in [9.17, 15) is 4.79 Å². The molecule has 1 aromatic heterocycles. The van der Waals surface area contributed by atoms with Crippen LogP contribution < -0.4 is 5.32 Å². The molecule has 0 aliphatic carbocycles. The zero-order valence-corrected chi connectivity index (χ0v) is 6.19. The minimum atomic E-state index is -0.304. The van der Waals surface area contributed by atoms with Gasteiger partial charge in [0.2, 0.25) is 0 Å². The number of amides is 1. The lowest BCUT2D eigenvalue weighted by Gasteiger charge is -1.95. The Balaban J connectivity index is 2.35. The van der Waals surface area contributed by atoms with Crippen LogP contribution in [0.5, 0.6) is 0 Å². The standard InChI is InChI=1S/C6H8N2OS/c9-6(10)8-4-5-1-2-7-3-5/h1-3,7H,4H2,(H2,8,9,10). The predicted molar refractivity (Wildman–Crippen MR) is 42.0 cm³/mol. The van der Waals surface area contributed by atoms with Crippen LogP contribution in [0.3, 0.4) is 0 Å². The summed E-state index contributed by atoms with van der Waals surface area (Å²) >= 11 is 3.55. The first-order chi connectivity index (χ1) is 4.79. The van der Waals surface area contributed by atoms with Crippen molar-refractivity contribution < 1.29 is 4.79 Å². The van der Waals surface area contributed by atoms with Crippen molar-refractivity contribution in [3.63, 3.8) is 0 Å². The smallest absolute Gasteiger partial charge is 0.276 e. The van der Waals surface area contributed by atoms with E-state index >= 15 is 0 Å². The molecule has 0 aromatic carbocycles. The second-order valence-electron chi connectivity index (χ2n) is 1.88. The summed E-state index contributed by atoms with van der Waals surface area (Å²) in [5.41, 5.74) is 1.04. The van der Waals surface area contributed by atoms with Gasteiger partial charge in [-0.15, -0.1) is 0 Å². The lowest BCUT2D eigenvalue weighted by atomic mass is 10.3. The van der Waals surface area contributed by atoms with Crippen LogP contribution in [0.2, 0.25) is 0 Å². The van der Waals surface area contributed by atoms with Gasteiger partial charge in [0.1, 0.15) is 0 Å². The van der Waals surface area contributed by atoms with Crippen LogP contribution in [0.1, 0.15) is 5.56 Å². The van der Waals surface area contributed by atoms with Gasteiger partial charge in [0.15, 0.2) is 0 Å². The molecule has 3 nitrogen and oxygen atoms in total. The molecule has 1 amide bonds. The summed E-state index contributed by atoms with van der Waals surface area (Å²) in [6.07, 6.45) is 3.63. The molecule has 1 heterocycles. The molecule has 0 aliphatic rings. The number of rotatable bonds is 2. The molecule has 0 unspecified atom stereocenters. The third-order valence-corrected chi connectivity index (χ3v) is 1.26. The van der Waals surface area contributed by atoms with Crippen molar-refractivity contribution in [2.75, 3.05) is 0 Å². The first kappa shape index (κ1) is 7.21. The Labute approximate surface area is 64.2 Å². The number of carbonyl (C=O) groups excluding carboxylic acids is 1. The number of aromatic nitrogens is 1. The fourth-order valence-electron chi connectivity index (χ4n) is 0.646. The highest BCUT2D eigenvalue weighted by Crippen LogP contribution is 1.94. The van der Waals surface area contributed by atoms with Gasteiger partial charge in [0.25, 0.3) is 5.24 Å². The molecule has 0 aliphatic heterocycles. The maximum absolute atomic E-state index is 10.3. The Morgan fingerprint density at radius 1 is 1.80 bits per heavy atom. The molecule has 0 fully saturated rings. The monoisotopic (exact) mass is 156 g/mol. The third-order valence-electron chi connectivity index (χ3n) is 1.11. The number of carbonyl (C=O) groups is 1. The van der Waals surface area contributed by atoms with E-state index in [4.69, 9.17) is 0 Å². The Kier molecular flexibility index (Phi) is 2.39. The quantitative estimate of drug-likeness (QED) is 0.553. The maximum Gasteiger partial charge on any atom is 0.276 e. The van der Waals surface area contributed by atoms with E-state index in [0.717, 1.165) is 5.56 Å². The highest BCUT2D eigenvalue weighted by molar-refractivity contribution is 7.96. The van der Waals surface area contributed by atoms with Crippen molar-refractivity contribution in [1.29, 1.82) is 0 Å². The number of nitrogens with one attached hydrogen (secondary N) is 2. The van der Waals surface area contributed by atoms with Gasteiger partial charge in [0.05, 0.1) is 0 Å². The molecule has 0 saturated heterocycles. The molecule has 1 aromatic rings. The minimum absolute atomic E-state index is 0.304. The summed E-state index contributed by atoms with van der Waals surface area (Å²) in [7, 11) is 0. The Hall–Kier alpha value is -0.900. The average molecular weight is 156 g/mol. The first-order valence-corrected chi connectivity index (χ1v) is 3.32. The maximum atomic E-state index is 10.3. The zero-order valence-electron chi connectivity index (χ0n) is 5.29. The highest BCUT2D eigenvalue weighted by atomic mass is 32.1. The Morgan fingerprint density at radius 3 is 3.10 bits per heavy atom. The van der Waals surface area contributed by atoms with Gasteiger partial charge in [-0.3, -0.25) is 4.79 Å². The Bertz CT molecular complexity index is 208. The van der Waals surface area contributed by atoms with Crippen LogP contribution in [0.15, 0.2) is 18.5 Å². The van der Waals surface area contributed by atoms with Gasteiger partial charge in [-0.25, -0.2) is 0 Å². The lowest BCUT2D eigenvalue weighted by Crippen LogP contribution is -2.14. The van der Waals surface area contributed by atoms with Gasteiger partial charge in [-0.2, -0.15) is 0 Å². The van der Waals surface area contributed by atoms with Crippen LogP contribution in [-0.4, -0.2) is 10.2 Å². The third kappa shape index (κ3) is 2.14. The first-order valence-electron chi connectivity index (χ1n) is 2.87. The molecular formula is C6H8N2OS. The van der Waals surface area contributed by atoms with E-state index in [1.807, 2.05) is 12.3 Å². The molecule has 0 radical (unpaired) electrons. The van der Waals surface area contributed by atoms with Gasteiger partial charge in [0, 0.05) is 18.9 Å². The van der Waals surface area contributed by atoms with Gasteiger partial charge in [-0.1, -0.05) is 12.6 Å². The van der Waals surface area contributed by atoms with Crippen molar-refractivity contribution in [3.05, 3.63) is 24.0 Å². The molecule has 0 atom stereocenters. The van der Waals surface area contributed by atoms with Crippen molar-refractivity contribution >= 4 is 17.9 Å². The van der Waals surface area contributed by atoms with Crippen molar-refractivity contribution in [3.8, 4) is 0 Å². The van der Waals surface area contributed by atoms with Crippen molar-refractivity contribution in [2.45, 2.75) is 6.54 Å². The van der Waals surface area contributed by atoms with Crippen LogP contribution in [0, 0.1) is 0 Å². The molecule has 4 heteroatoms. The normalized spacial score (nSPS) is 9.30. The van der Waals surface area contributed by atoms with Crippen LogP contribution in [0.25, 0.3) is 0 Å². The number of thiol groups is 1. The molecule has 0 spiro atoms. The molecule has 54 valence electrons. The molecule has 2 N–H and O–H groups in total. The fraction of sp³-hybridized carbons (Fsp3) is 0.167. The van der Waals surface area contributed by atoms with E-state index in [-0.39, 0.29) is 5.24 Å². The fourth-order valence-corrected chi connectivity index (χ4v) is 0.725. The summed E-state index contributed by atoms with van der Waals surface area (Å²) in [4.78, 5) is 13.2. The van der Waals surface area contributed by atoms with Crippen LogP contribution in [-0.2, 0) is 6.54 Å². The zero-order chi connectivity index (χ0) is 7.40. The molecule has 1 rings (SSSR count).